The van der Waals surface area contributed by atoms with Gasteiger partial charge in [-0.1, -0.05) is 30.3 Å². The minimum absolute atomic E-state index is 0.527. The summed E-state index contributed by atoms with van der Waals surface area (Å²) in [5.74, 6) is 0. The van der Waals surface area contributed by atoms with E-state index >= 15 is 0 Å². The van der Waals surface area contributed by atoms with E-state index < -0.39 is 0 Å². The number of nitrogens with zero attached hydrogens (tertiary/aromatic N) is 4. The van der Waals surface area contributed by atoms with Gasteiger partial charge >= 0.3 is 0 Å². The summed E-state index contributed by atoms with van der Waals surface area (Å²) in [5, 5.41) is 7.80. The molecule has 0 unspecified atom stereocenters. The first-order valence-electron chi connectivity index (χ1n) is 5.23. The first kappa shape index (κ1) is 9.77. The van der Waals surface area contributed by atoms with Crippen molar-refractivity contribution in [3.8, 4) is 11.1 Å². The van der Waals surface area contributed by atoms with Gasteiger partial charge in [0, 0.05) is 12.6 Å². The summed E-state index contributed by atoms with van der Waals surface area (Å²) in [5.41, 5.74) is 3.20. The van der Waals surface area contributed by atoms with E-state index in [1.54, 1.807) is 16.2 Å². The Morgan fingerprint density at radius 2 is 1.94 bits per heavy atom. The predicted octanol–water partition coefficient (Wildman–Crippen LogP) is 1.55. The number of aryl methyl sites for hydroxylation is 1. The van der Waals surface area contributed by atoms with Crippen LogP contribution in [0.3, 0.4) is 0 Å². The minimum Gasteiger partial charge on any atom is -0.296 e. The van der Waals surface area contributed by atoms with Crippen molar-refractivity contribution in [1.29, 1.82) is 0 Å². The third kappa shape index (κ3) is 1.36. The normalized spacial score (nSPS) is 10.9. The maximum Gasteiger partial charge on any atom is 0.169 e. The van der Waals surface area contributed by atoms with Crippen molar-refractivity contribution >= 4 is 11.9 Å². The molecular weight excluding hydrogens is 216 g/mol. The maximum absolute atomic E-state index is 11.2. The van der Waals surface area contributed by atoms with E-state index in [0.29, 0.717) is 5.69 Å². The van der Waals surface area contributed by atoms with Crippen LogP contribution in [0.1, 0.15) is 10.5 Å². The zero-order chi connectivity index (χ0) is 11.8. The van der Waals surface area contributed by atoms with E-state index in [2.05, 4.69) is 10.4 Å². The van der Waals surface area contributed by atoms with Crippen LogP contribution in [0.2, 0.25) is 0 Å². The summed E-state index contributed by atoms with van der Waals surface area (Å²) < 4.78 is 3.19. The van der Waals surface area contributed by atoms with E-state index in [1.807, 2.05) is 36.4 Å². The van der Waals surface area contributed by atoms with Crippen LogP contribution in [0.4, 0.5) is 0 Å². The lowest BCUT2D eigenvalue weighted by atomic mass is 10.1. The van der Waals surface area contributed by atoms with Gasteiger partial charge in [-0.15, -0.1) is 0 Å². The number of hydrogen-bond donors (Lipinski definition) is 0. The number of aldehydes is 1. The Bertz CT molecular complexity index is 681. The lowest BCUT2D eigenvalue weighted by Crippen LogP contribution is -1.93. The number of tetrazole rings is 1. The van der Waals surface area contributed by atoms with Crippen LogP contribution in [0.15, 0.2) is 36.4 Å². The first-order chi connectivity index (χ1) is 8.31. The maximum atomic E-state index is 11.2. The van der Waals surface area contributed by atoms with Crippen molar-refractivity contribution in [2.45, 2.75) is 0 Å². The highest BCUT2D eigenvalue weighted by Crippen LogP contribution is 2.25. The number of aromatic nitrogens is 4. The zero-order valence-corrected chi connectivity index (χ0v) is 9.24. The van der Waals surface area contributed by atoms with Crippen LogP contribution in [-0.2, 0) is 7.05 Å². The number of carbonyl (C=O) groups is 1. The second-order valence-corrected chi connectivity index (χ2v) is 3.80. The highest BCUT2D eigenvalue weighted by atomic mass is 16.1. The zero-order valence-electron chi connectivity index (χ0n) is 9.24. The number of benzene rings is 1. The smallest absolute Gasteiger partial charge is 0.169 e. The molecule has 0 aliphatic heterocycles. The summed E-state index contributed by atoms with van der Waals surface area (Å²) in [6, 6.07) is 11.7. The van der Waals surface area contributed by atoms with Crippen molar-refractivity contribution in [3.05, 3.63) is 42.1 Å². The van der Waals surface area contributed by atoms with Gasteiger partial charge in [0.05, 0.1) is 0 Å². The fourth-order valence-electron chi connectivity index (χ4n) is 1.93. The summed E-state index contributed by atoms with van der Waals surface area (Å²) in [6.45, 7) is 0. The molecule has 0 fully saturated rings. The van der Waals surface area contributed by atoms with Gasteiger partial charge in [-0.3, -0.25) is 4.79 Å². The summed E-state index contributed by atoms with van der Waals surface area (Å²) in [4.78, 5) is 11.2. The van der Waals surface area contributed by atoms with Crippen LogP contribution in [0.25, 0.3) is 16.8 Å². The molecule has 5 heteroatoms. The third-order valence-electron chi connectivity index (χ3n) is 2.79. The van der Waals surface area contributed by atoms with Crippen LogP contribution in [0, 0.1) is 0 Å². The highest BCUT2D eigenvalue weighted by Gasteiger charge is 2.14. The molecule has 17 heavy (non-hydrogen) atoms. The van der Waals surface area contributed by atoms with Crippen molar-refractivity contribution in [2.75, 3.05) is 0 Å². The van der Waals surface area contributed by atoms with Gasteiger partial charge in [0.15, 0.2) is 11.9 Å². The van der Waals surface area contributed by atoms with Crippen molar-refractivity contribution in [2.24, 2.45) is 7.05 Å². The van der Waals surface area contributed by atoms with Crippen LogP contribution >= 0.6 is 0 Å². The van der Waals surface area contributed by atoms with Gasteiger partial charge < -0.3 is 0 Å². The van der Waals surface area contributed by atoms with Crippen molar-refractivity contribution < 1.29 is 4.79 Å². The number of hydrogen-bond acceptors (Lipinski definition) is 3. The standard InChI is InChI=1S/C12H10N4O/c1-15-12-7-10(9-5-3-2-4-6-9)11(8-17)16(12)14-13-15/h2-8H,1H3. The van der Waals surface area contributed by atoms with Gasteiger partial charge in [0.2, 0.25) is 0 Å². The molecule has 0 saturated heterocycles. The molecular formula is C12H10N4O. The Kier molecular flexibility index (Phi) is 2.04. The van der Waals surface area contributed by atoms with Crippen LogP contribution < -0.4 is 0 Å². The quantitative estimate of drug-likeness (QED) is 0.623. The van der Waals surface area contributed by atoms with Gasteiger partial charge in [-0.05, 0) is 22.1 Å². The molecule has 0 aliphatic rings. The third-order valence-corrected chi connectivity index (χ3v) is 2.79. The molecule has 0 radical (unpaired) electrons. The van der Waals surface area contributed by atoms with E-state index in [9.17, 15) is 4.79 Å². The molecule has 0 atom stereocenters. The lowest BCUT2D eigenvalue weighted by Gasteiger charge is -1.97. The molecule has 84 valence electrons. The highest BCUT2D eigenvalue weighted by molar-refractivity contribution is 5.88. The fraction of sp³-hybridized carbons (Fsp3) is 0.0833. The van der Waals surface area contributed by atoms with Gasteiger partial charge in [-0.2, -0.15) is 4.52 Å². The van der Waals surface area contributed by atoms with E-state index in [0.717, 1.165) is 23.1 Å². The minimum atomic E-state index is 0.527. The lowest BCUT2D eigenvalue weighted by molar-refractivity contribution is 0.111. The largest absolute Gasteiger partial charge is 0.296 e. The SMILES string of the molecule is Cn1nnn2c(C=O)c(-c3ccccc3)cc12. The van der Waals surface area contributed by atoms with Crippen LogP contribution in [-0.4, -0.2) is 25.9 Å². The van der Waals surface area contributed by atoms with E-state index in [4.69, 9.17) is 0 Å². The average Bonchev–Trinajstić information content (AvgIpc) is 2.90. The van der Waals surface area contributed by atoms with Crippen molar-refractivity contribution in [1.82, 2.24) is 19.6 Å². The van der Waals surface area contributed by atoms with Gasteiger partial charge in [0.1, 0.15) is 5.69 Å². The topological polar surface area (TPSA) is 52.2 Å². The molecule has 0 N–H and O–H groups in total. The predicted molar refractivity (Wildman–Crippen MR) is 62.8 cm³/mol. The molecule has 2 heterocycles. The fourth-order valence-corrected chi connectivity index (χ4v) is 1.93. The average molecular weight is 226 g/mol. The summed E-state index contributed by atoms with van der Waals surface area (Å²) in [6.07, 6.45) is 0.810. The molecule has 5 nitrogen and oxygen atoms in total. The molecule has 0 spiro atoms. The Balaban J connectivity index is 2.33. The number of fused-ring (bicyclic) bond motifs is 1. The monoisotopic (exact) mass is 226 g/mol. The van der Waals surface area contributed by atoms with Gasteiger partial charge in [-0.25, -0.2) is 4.68 Å². The molecule has 3 rings (SSSR count). The van der Waals surface area contributed by atoms with Crippen molar-refractivity contribution in [3.63, 3.8) is 0 Å². The van der Waals surface area contributed by atoms with Crippen LogP contribution in [0.5, 0.6) is 0 Å². The Hall–Kier alpha value is -2.43. The summed E-state index contributed by atoms with van der Waals surface area (Å²) in [7, 11) is 1.80. The Labute approximate surface area is 97.3 Å². The molecule has 3 aromatic rings. The molecule has 0 amide bonds. The van der Waals surface area contributed by atoms with Gasteiger partial charge in [0.25, 0.3) is 0 Å². The second kappa shape index (κ2) is 3.55. The van der Waals surface area contributed by atoms with E-state index in [-0.39, 0.29) is 0 Å². The molecule has 0 saturated carbocycles. The molecule has 0 aliphatic carbocycles. The molecule has 2 aromatic heterocycles. The first-order valence-corrected chi connectivity index (χ1v) is 5.23. The number of carbonyl (C=O) groups excluding carboxylic acids is 1. The number of rotatable bonds is 2. The Morgan fingerprint density at radius 1 is 1.18 bits per heavy atom. The molecule has 0 bridgehead atoms. The Morgan fingerprint density at radius 3 is 2.65 bits per heavy atom. The second-order valence-electron chi connectivity index (χ2n) is 3.80. The summed E-state index contributed by atoms with van der Waals surface area (Å²) >= 11 is 0. The molecule has 1 aromatic carbocycles. The van der Waals surface area contributed by atoms with E-state index in [1.165, 1.54) is 0 Å².